The highest BCUT2D eigenvalue weighted by Gasteiger charge is 2.01. The lowest BCUT2D eigenvalue weighted by atomic mass is 10.1. The molecule has 0 unspecified atom stereocenters. The molecule has 0 bridgehead atoms. The Morgan fingerprint density at radius 1 is 0.658 bits per heavy atom. The molecule has 8 heteroatoms. The first-order chi connectivity index (χ1) is 18.7. The molecule has 0 aliphatic rings. The smallest absolute Gasteiger partial charge is 0.330 e. The largest absolute Gasteiger partial charge is 0.497 e. The van der Waals surface area contributed by atoms with Crippen LogP contribution in [0.5, 0.6) is 17.2 Å². The van der Waals surface area contributed by atoms with Crippen LogP contribution in [-0.4, -0.2) is 59.5 Å². The van der Waals surface area contributed by atoms with Gasteiger partial charge < -0.3 is 33.2 Å². The van der Waals surface area contributed by atoms with Crippen LogP contribution in [0.1, 0.15) is 5.56 Å². The molecule has 3 aromatic carbocycles. The van der Waals surface area contributed by atoms with Crippen molar-refractivity contribution in [2.75, 3.05) is 53.5 Å². The number of methoxy groups -OCH3 is 1. The van der Waals surface area contributed by atoms with Crippen molar-refractivity contribution < 1.29 is 38.0 Å². The van der Waals surface area contributed by atoms with Crippen LogP contribution in [-0.2, 0) is 30.3 Å². The summed E-state index contributed by atoms with van der Waals surface area (Å²) in [6.45, 7) is 6.14. The molecule has 0 atom stereocenters. The number of esters is 1. The maximum absolute atomic E-state index is 10.9. The van der Waals surface area contributed by atoms with Gasteiger partial charge in [-0.2, -0.15) is 0 Å². The van der Waals surface area contributed by atoms with E-state index in [2.05, 4.69) is 6.58 Å². The molecule has 0 fully saturated rings. The molecule has 0 aliphatic carbocycles. The molecule has 3 aromatic rings. The van der Waals surface area contributed by atoms with Crippen LogP contribution >= 0.6 is 0 Å². The monoisotopic (exact) mass is 522 g/mol. The van der Waals surface area contributed by atoms with E-state index in [-0.39, 0.29) is 13.4 Å². The van der Waals surface area contributed by atoms with Gasteiger partial charge >= 0.3 is 5.97 Å². The number of hydrogen-bond donors (Lipinski definition) is 0. The summed E-state index contributed by atoms with van der Waals surface area (Å²) in [4.78, 5) is 10.9. The Labute approximate surface area is 223 Å². The van der Waals surface area contributed by atoms with Crippen LogP contribution < -0.4 is 14.2 Å². The number of hydrogen-bond acceptors (Lipinski definition) is 8. The molecule has 0 saturated heterocycles. The summed E-state index contributed by atoms with van der Waals surface area (Å²) in [6.07, 6.45) is 1.12. The SMILES string of the molecule is C=CC(=O)OCCOCCOCCOc1ccc(COCOc2ccc(-c3ccc(OC)cc3)cc2)cc1. The van der Waals surface area contributed by atoms with E-state index in [1.54, 1.807) is 7.11 Å². The van der Waals surface area contributed by atoms with Gasteiger partial charge in [0.25, 0.3) is 0 Å². The molecule has 0 aromatic heterocycles. The summed E-state index contributed by atoms with van der Waals surface area (Å²) in [6, 6.07) is 23.5. The average molecular weight is 523 g/mol. The minimum atomic E-state index is -0.458. The van der Waals surface area contributed by atoms with E-state index in [1.807, 2.05) is 72.8 Å². The van der Waals surface area contributed by atoms with Crippen molar-refractivity contribution in [3.63, 3.8) is 0 Å². The maximum Gasteiger partial charge on any atom is 0.330 e. The quantitative estimate of drug-likeness (QED) is 0.0993. The van der Waals surface area contributed by atoms with Crippen LogP contribution in [0.4, 0.5) is 0 Å². The van der Waals surface area contributed by atoms with Crippen molar-refractivity contribution in [1.82, 2.24) is 0 Å². The zero-order chi connectivity index (χ0) is 26.8. The van der Waals surface area contributed by atoms with Gasteiger partial charge in [-0.05, 0) is 53.1 Å². The average Bonchev–Trinajstić information content (AvgIpc) is 2.97. The van der Waals surface area contributed by atoms with E-state index >= 15 is 0 Å². The van der Waals surface area contributed by atoms with E-state index in [4.69, 9.17) is 33.2 Å². The number of benzene rings is 3. The summed E-state index contributed by atoms with van der Waals surface area (Å²) in [5, 5.41) is 0. The Bertz CT molecular complexity index is 1080. The fraction of sp³-hybridized carbons (Fsp3) is 0.300. The molecule has 0 amide bonds. The lowest BCUT2D eigenvalue weighted by molar-refractivity contribution is -0.139. The Balaban J connectivity index is 1.23. The fourth-order valence-corrected chi connectivity index (χ4v) is 3.28. The van der Waals surface area contributed by atoms with Crippen molar-refractivity contribution in [1.29, 1.82) is 0 Å². The summed E-state index contributed by atoms with van der Waals surface area (Å²) < 4.78 is 37.8. The van der Waals surface area contributed by atoms with Gasteiger partial charge in [-0.3, -0.25) is 0 Å². The Morgan fingerprint density at radius 2 is 1.18 bits per heavy atom. The van der Waals surface area contributed by atoms with Gasteiger partial charge in [0, 0.05) is 6.08 Å². The highest BCUT2D eigenvalue weighted by Crippen LogP contribution is 2.24. The first-order valence-corrected chi connectivity index (χ1v) is 12.3. The number of carbonyl (C=O) groups excluding carboxylic acids is 1. The Hall–Kier alpha value is -3.85. The zero-order valence-electron chi connectivity index (χ0n) is 21.6. The van der Waals surface area contributed by atoms with Gasteiger partial charge in [0.2, 0.25) is 0 Å². The summed E-state index contributed by atoms with van der Waals surface area (Å²) in [5.74, 6) is 1.87. The van der Waals surface area contributed by atoms with Crippen molar-refractivity contribution >= 4 is 5.97 Å². The molecule has 0 radical (unpaired) electrons. The molecule has 8 nitrogen and oxygen atoms in total. The van der Waals surface area contributed by atoms with Gasteiger partial charge in [0.05, 0.1) is 40.1 Å². The molecule has 0 spiro atoms. The third-order valence-electron chi connectivity index (χ3n) is 5.29. The van der Waals surface area contributed by atoms with E-state index in [9.17, 15) is 4.79 Å². The molecule has 0 aliphatic heterocycles. The van der Waals surface area contributed by atoms with Crippen LogP contribution in [0.2, 0.25) is 0 Å². The van der Waals surface area contributed by atoms with E-state index in [0.29, 0.717) is 39.6 Å². The van der Waals surface area contributed by atoms with Crippen LogP contribution in [0.15, 0.2) is 85.5 Å². The van der Waals surface area contributed by atoms with Crippen LogP contribution in [0.25, 0.3) is 11.1 Å². The van der Waals surface area contributed by atoms with Gasteiger partial charge in [-0.1, -0.05) is 43.0 Å². The highest BCUT2D eigenvalue weighted by molar-refractivity contribution is 5.81. The Morgan fingerprint density at radius 3 is 1.79 bits per heavy atom. The van der Waals surface area contributed by atoms with Crippen molar-refractivity contribution in [3.05, 3.63) is 91.0 Å². The first kappa shape index (κ1) is 28.7. The minimum absolute atomic E-state index is 0.154. The predicted octanol–water partition coefficient (Wildman–Crippen LogP) is 5.06. The lowest BCUT2D eigenvalue weighted by Crippen LogP contribution is -2.13. The third-order valence-corrected chi connectivity index (χ3v) is 5.29. The van der Waals surface area contributed by atoms with E-state index in [1.165, 1.54) is 0 Å². The molecule has 0 saturated carbocycles. The summed E-state index contributed by atoms with van der Waals surface area (Å²) in [7, 11) is 1.66. The molecular formula is C30H34O8. The topological polar surface area (TPSA) is 81.7 Å². The highest BCUT2D eigenvalue weighted by atomic mass is 16.7. The zero-order valence-corrected chi connectivity index (χ0v) is 21.6. The summed E-state index contributed by atoms with van der Waals surface area (Å²) >= 11 is 0. The van der Waals surface area contributed by atoms with Gasteiger partial charge in [-0.25, -0.2) is 4.79 Å². The molecule has 38 heavy (non-hydrogen) atoms. The van der Waals surface area contributed by atoms with Crippen LogP contribution in [0.3, 0.4) is 0 Å². The minimum Gasteiger partial charge on any atom is -0.497 e. The van der Waals surface area contributed by atoms with Crippen molar-refractivity contribution in [2.24, 2.45) is 0 Å². The molecule has 0 heterocycles. The van der Waals surface area contributed by atoms with Gasteiger partial charge in [-0.15, -0.1) is 0 Å². The molecular weight excluding hydrogens is 488 g/mol. The third kappa shape index (κ3) is 10.6. The first-order valence-electron chi connectivity index (χ1n) is 12.3. The fourth-order valence-electron chi connectivity index (χ4n) is 3.28. The number of ether oxygens (including phenoxy) is 7. The van der Waals surface area contributed by atoms with Gasteiger partial charge in [0.15, 0.2) is 6.79 Å². The van der Waals surface area contributed by atoms with E-state index < -0.39 is 5.97 Å². The lowest BCUT2D eigenvalue weighted by Gasteiger charge is -2.10. The normalized spacial score (nSPS) is 10.6. The second-order valence-electron chi connectivity index (χ2n) is 7.95. The Kier molecular flexibility index (Phi) is 12.7. The molecule has 202 valence electrons. The van der Waals surface area contributed by atoms with Crippen molar-refractivity contribution in [2.45, 2.75) is 6.61 Å². The van der Waals surface area contributed by atoms with E-state index in [0.717, 1.165) is 40.0 Å². The summed E-state index contributed by atoms with van der Waals surface area (Å²) in [5.41, 5.74) is 3.23. The second kappa shape index (κ2) is 16.8. The number of rotatable bonds is 18. The number of carbonyl (C=O) groups is 1. The second-order valence-corrected chi connectivity index (χ2v) is 7.95. The molecule has 0 N–H and O–H groups in total. The van der Waals surface area contributed by atoms with Gasteiger partial charge in [0.1, 0.15) is 30.5 Å². The van der Waals surface area contributed by atoms with Crippen LogP contribution in [0, 0.1) is 0 Å². The molecule has 3 rings (SSSR count). The predicted molar refractivity (Wildman–Crippen MR) is 143 cm³/mol. The maximum atomic E-state index is 10.9. The standard InChI is InChI=1S/C30H34O8/c1-3-30(31)37-21-19-34-17-16-33-18-20-36-28-10-4-24(5-11-28)22-35-23-38-29-14-8-26(9-15-29)25-6-12-27(32-2)13-7-25/h3-15H,1,16-23H2,2H3. The van der Waals surface area contributed by atoms with Crippen molar-refractivity contribution in [3.8, 4) is 28.4 Å².